The maximum absolute atomic E-state index is 12.1. The largest absolute Gasteiger partial charge is 0.325 e. The van der Waals surface area contributed by atoms with Gasteiger partial charge in [0.1, 0.15) is 11.1 Å². The minimum Gasteiger partial charge on any atom is -0.325 e. The molecule has 1 amide bonds. The van der Waals surface area contributed by atoms with Crippen molar-refractivity contribution >= 4 is 23.4 Å². The predicted molar refractivity (Wildman–Crippen MR) is 93.6 cm³/mol. The molecule has 118 valence electrons. The van der Waals surface area contributed by atoms with Crippen LogP contribution in [-0.4, -0.2) is 16.6 Å². The van der Waals surface area contributed by atoms with Crippen molar-refractivity contribution in [2.45, 2.75) is 31.7 Å². The Morgan fingerprint density at radius 2 is 2.13 bits per heavy atom. The average molecular weight is 325 g/mol. The zero-order valence-electron chi connectivity index (χ0n) is 13.5. The maximum atomic E-state index is 12.1. The van der Waals surface area contributed by atoms with Crippen LogP contribution in [0.15, 0.2) is 41.4 Å². The molecule has 1 aromatic heterocycles. The molecule has 0 aliphatic carbocycles. The molecular weight excluding hydrogens is 306 g/mol. The quantitative estimate of drug-likeness (QED) is 0.840. The first-order valence-electron chi connectivity index (χ1n) is 7.40. The Labute approximate surface area is 140 Å². The molecule has 5 heteroatoms. The van der Waals surface area contributed by atoms with E-state index in [1.165, 1.54) is 11.8 Å². The number of benzene rings is 1. The van der Waals surface area contributed by atoms with Crippen molar-refractivity contribution < 1.29 is 4.79 Å². The normalized spacial score (nSPS) is 10.4. The molecule has 2 rings (SSSR count). The van der Waals surface area contributed by atoms with E-state index in [-0.39, 0.29) is 17.6 Å². The highest BCUT2D eigenvalue weighted by molar-refractivity contribution is 8.00. The summed E-state index contributed by atoms with van der Waals surface area (Å²) in [5.74, 6) is 0.390. The van der Waals surface area contributed by atoms with Crippen LogP contribution in [0.3, 0.4) is 0 Å². The van der Waals surface area contributed by atoms with Crippen LogP contribution in [0.25, 0.3) is 0 Å². The predicted octanol–water partition coefficient (Wildman–Crippen LogP) is 4.12. The Balaban J connectivity index is 2.04. The number of nitrogens with zero attached hydrogens (tertiary/aromatic N) is 2. The number of nitrogens with one attached hydrogen (secondary N) is 1. The SMILES string of the molecule is Cc1cccc(NC(=O)CSc2nc(C(C)C)ccc2C#N)c1. The molecule has 1 aromatic carbocycles. The minimum absolute atomic E-state index is 0.110. The van der Waals surface area contributed by atoms with Crippen LogP contribution in [0.1, 0.15) is 36.6 Å². The highest BCUT2D eigenvalue weighted by Gasteiger charge is 2.11. The zero-order chi connectivity index (χ0) is 16.8. The van der Waals surface area contributed by atoms with Crippen molar-refractivity contribution in [3.05, 3.63) is 53.2 Å². The second-order valence-corrected chi connectivity index (χ2v) is 6.53. The standard InChI is InChI=1S/C18H19N3OS/c1-12(2)16-8-7-14(10-19)18(21-16)23-11-17(22)20-15-6-4-5-13(3)9-15/h4-9,12H,11H2,1-3H3,(H,20,22). The number of pyridine rings is 1. The van der Waals surface area contributed by atoms with E-state index in [0.717, 1.165) is 16.9 Å². The smallest absolute Gasteiger partial charge is 0.234 e. The Kier molecular flexibility index (Phi) is 5.78. The first kappa shape index (κ1) is 17.0. The van der Waals surface area contributed by atoms with E-state index < -0.39 is 0 Å². The van der Waals surface area contributed by atoms with Gasteiger partial charge in [0.15, 0.2) is 0 Å². The molecule has 0 unspecified atom stereocenters. The van der Waals surface area contributed by atoms with Gasteiger partial charge in [0.25, 0.3) is 0 Å². The Morgan fingerprint density at radius 1 is 1.35 bits per heavy atom. The van der Waals surface area contributed by atoms with E-state index in [0.29, 0.717) is 10.6 Å². The topological polar surface area (TPSA) is 65.8 Å². The summed E-state index contributed by atoms with van der Waals surface area (Å²) < 4.78 is 0. The van der Waals surface area contributed by atoms with Gasteiger partial charge >= 0.3 is 0 Å². The number of hydrogen-bond acceptors (Lipinski definition) is 4. The number of aryl methyl sites for hydroxylation is 1. The fourth-order valence-corrected chi connectivity index (χ4v) is 2.80. The molecule has 0 atom stereocenters. The Bertz CT molecular complexity index is 750. The molecule has 1 N–H and O–H groups in total. The lowest BCUT2D eigenvalue weighted by Crippen LogP contribution is -2.14. The summed E-state index contributed by atoms with van der Waals surface area (Å²) >= 11 is 1.29. The molecule has 4 nitrogen and oxygen atoms in total. The van der Waals surface area contributed by atoms with E-state index in [4.69, 9.17) is 0 Å². The van der Waals surface area contributed by atoms with Crippen LogP contribution in [0.5, 0.6) is 0 Å². The summed E-state index contributed by atoms with van der Waals surface area (Å²) in [5, 5.41) is 12.6. The Hall–Kier alpha value is -2.32. The number of anilines is 1. The molecule has 0 bridgehead atoms. The van der Waals surface area contributed by atoms with E-state index in [9.17, 15) is 10.1 Å². The van der Waals surface area contributed by atoms with Gasteiger partial charge in [-0.2, -0.15) is 5.26 Å². The van der Waals surface area contributed by atoms with Crippen LogP contribution >= 0.6 is 11.8 Å². The summed E-state index contributed by atoms with van der Waals surface area (Å²) in [4.78, 5) is 16.6. The van der Waals surface area contributed by atoms with Gasteiger partial charge in [0.2, 0.25) is 5.91 Å². The molecule has 0 aliphatic heterocycles. The van der Waals surface area contributed by atoms with Crippen LogP contribution in [0.2, 0.25) is 0 Å². The van der Waals surface area contributed by atoms with Gasteiger partial charge in [-0.3, -0.25) is 4.79 Å². The van der Waals surface area contributed by atoms with Crippen LogP contribution in [0.4, 0.5) is 5.69 Å². The lowest BCUT2D eigenvalue weighted by molar-refractivity contribution is -0.113. The second kappa shape index (κ2) is 7.80. The number of aromatic nitrogens is 1. The van der Waals surface area contributed by atoms with Gasteiger partial charge in [-0.1, -0.05) is 37.7 Å². The molecule has 0 spiro atoms. The first-order valence-corrected chi connectivity index (χ1v) is 8.38. The van der Waals surface area contributed by atoms with Crippen molar-refractivity contribution in [1.29, 1.82) is 5.26 Å². The molecular formula is C18H19N3OS. The Morgan fingerprint density at radius 3 is 2.78 bits per heavy atom. The van der Waals surface area contributed by atoms with E-state index >= 15 is 0 Å². The molecule has 1 heterocycles. The van der Waals surface area contributed by atoms with Crippen molar-refractivity contribution in [2.75, 3.05) is 11.1 Å². The van der Waals surface area contributed by atoms with Crippen LogP contribution in [0, 0.1) is 18.3 Å². The van der Waals surface area contributed by atoms with Crippen molar-refractivity contribution in [2.24, 2.45) is 0 Å². The fraction of sp³-hybridized carbons (Fsp3) is 0.278. The van der Waals surface area contributed by atoms with Gasteiger partial charge in [0, 0.05) is 11.4 Å². The minimum atomic E-state index is -0.110. The molecule has 0 aliphatic rings. The molecule has 23 heavy (non-hydrogen) atoms. The average Bonchev–Trinajstić information content (AvgIpc) is 2.52. The lowest BCUT2D eigenvalue weighted by Gasteiger charge is -2.09. The maximum Gasteiger partial charge on any atom is 0.234 e. The summed E-state index contributed by atoms with van der Waals surface area (Å²) in [6.45, 7) is 6.07. The molecule has 0 saturated heterocycles. The fourth-order valence-electron chi connectivity index (χ4n) is 2.03. The molecule has 0 radical (unpaired) electrons. The van der Waals surface area contributed by atoms with Crippen LogP contribution in [-0.2, 0) is 4.79 Å². The monoisotopic (exact) mass is 325 g/mol. The summed E-state index contributed by atoms with van der Waals surface area (Å²) in [7, 11) is 0. The highest BCUT2D eigenvalue weighted by atomic mass is 32.2. The van der Waals surface area contributed by atoms with E-state index in [1.807, 2.05) is 51.1 Å². The third-order valence-corrected chi connectivity index (χ3v) is 4.23. The lowest BCUT2D eigenvalue weighted by atomic mass is 10.1. The van der Waals surface area contributed by atoms with Gasteiger partial charge in [-0.15, -0.1) is 0 Å². The first-order chi connectivity index (χ1) is 11.0. The number of rotatable bonds is 5. The third-order valence-electron chi connectivity index (χ3n) is 3.24. The second-order valence-electron chi connectivity index (χ2n) is 5.56. The van der Waals surface area contributed by atoms with Crippen molar-refractivity contribution in [3.63, 3.8) is 0 Å². The van der Waals surface area contributed by atoms with Gasteiger partial charge in [0.05, 0.1) is 11.3 Å². The van der Waals surface area contributed by atoms with Gasteiger partial charge in [-0.05, 0) is 42.7 Å². The van der Waals surface area contributed by atoms with Crippen molar-refractivity contribution in [3.8, 4) is 6.07 Å². The highest BCUT2D eigenvalue weighted by Crippen LogP contribution is 2.23. The summed E-state index contributed by atoms with van der Waals surface area (Å²) in [6, 6.07) is 13.4. The molecule has 0 saturated carbocycles. The number of amides is 1. The number of hydrogen-bond donors (Lipinski definition) is 1. The number of thioether (sulfide) groups is 1. The van der Waals surface area contributed by atoms with E-state index in [1.54, 1.807) is 6.07 Å². The third kappa shape index (κ3) is 4.83. The summed E-state index contributed by atoms with van der Waals surface area (Å²) in [5.41, 5.74) is 3.29. The van der Waals surface area contributed by atoms with Crippen LogP contribution < -0.4 is 5.32 Å². The van der Waals surface area contributed by atoms with Gasteiger partial charge in [-0.25, -0.2) is 4.98 Å². The zero-order valence-corrected chi connectivity index (χ0v) is 14.3. The number of carbonyl (C=O) groups is 1. The number of carbonyl (C=O) groups excluding carboxylic acids is 1. The van der Waals surface area contributed by atoms with Crippen molar-refractivity contribution in [1.82, 2.24) is 4.98 Å². The van der Waals surface area contributed by atoms with E-state index in [2.05, 4.69) is 16.4 Å². The van der Waals surface area contributed by atoms with Gasteiger partial charge < -0.3 is 5.32 Å². The summed E-state index contributed by atoms with van der Waals surface area (Å²) in [6.07, 6.45) is 0. The number of nitriles is 1. The molecule has 2 aromatic rings. The molecule has 0 fully saturated rings.